The number of morpholine rings is 1. The third-order valence-corrected chi connectivity index (χ3v) is 5.34. The number of H-pyrrole nitrogens is 1. The third kappa shape index (κ3) is 3.55. The summed E-state index contributed by atoms with van der Waals surface area (Å²) >= 11 is 0. The second-order valence-electron chi connectivity index (χ2n) is 7.45. The van der Waals surface area contributed by atoms with Crippen LogP contribution in [0.5, 0.6) is 0 Å². The maximum Gasteiger partial charge on any atom is 0.253 e. The Hall–Kier alpha value is -1.92. The van der Waals surface area contributed by atoms with E-state index in [4.69, 9.17) is 4.74 Å². The number of aromatic amines is 1. The molecule has 2 heterocycles. The summed E-state index contributed by atoms with van der Waals surface area (Å²) in [5, 5.41) is 3.18. The van der Waals surface area contributed by atoms with E-state index in [9.17, 15) is 4.79 Å². The normalized spacial score (nSPS) is 25.5. The zero-order chi connectivity index (χ0) is 17.3. The minimum atomic E-state index is -0.785. The number of hydrogen-bond acceptors (Lipinski definition) is 4. The van der Waals surface area contributed by atoms with Crippen molar-refractivity contribution in [3.8, 4) is 0 Å². The molecule has 1 aliphatic carbocycles. The van der Waals surface area contributed by atoms with Gasteiger partial charge >= 0.3 is 0 Å². The Kier molecular flexibility index (Phi) is 4.48. The maximum atomic E-state index is 12.7. The molecular formula is C19H26N4O2. The third-order valence-electron chi connectivity index (χ3n) is 5.34. The van der Waals surface area contributed by atoms with Gasteiger partial charge in [-0.3, -0.25) is 9.69 Å². The first-order valence-corrected chi connectivity index (χ1v) is 9.23. The van der Waals surface area contributed by atoms with Crippen LogP contribution in [0.15, 0.2) is 24.3 Å². The van der Waals surface area contributed by atoms with Crippen molar-refractivity contribution in [2.75, 3.05) is 19.7 Å². The number of fused-ring (bicyclic) bond motifs is 1. The van der Waals surface area contributed by atoms with Crippen LogP contribution in [0.2, 0.25) is 0 Å². The Bertz CT molecular complexity index is 720. The predicted molar refractivity (Wildman–Crippen MR) is 96.1 cm³/mol. The number of hydrogen-bond donors (Lipinski definition) is 2. The van der Waals surface area contributed by atoms with Gasteiger partial charge in [-0.25, -0.2) is 4.98 Å². The highest BCUT2D eigenvalue weighted by Gasteiger charge is 2.40. The second kappa shape index (κ2) is 6.77. The van der Waals surface area contributed by atoms with Crippen LogP contribution >= 0.6 is 0 Å². The fourth-order valence-corrected chi connectivity index (χ4v) is 3.92. The standard InChI is InChI=1S/C19H26N4O2/c1-19(18(24)20-14-6-2-3-7-14)13-23(10-11-25-19)12-17-21-15-8-4-5-9-16(15)22-17/h4-5,8-9,14H,2-3,6-7,10-13H2,1H3,(H,20,24)(H,21,22). The fraction of sp³-hybridized carbons (Fsp3) is 0.579. The van der Waals surface area contributed by atoms with Crippen molar-refractivity contribution in [3.05, 3.63) is 30.1 Å². The number of aromatic nitrogens is 2. The number of ether oxygens (including phenoxy) is 1. The average molecular weight is 342 g/mol. The van der Waals surface area contributed by atoms with Gasteiger partial charge < -0.3 is 15.0 Å². The predicted octanol–water partition coefficient (Wildman–Crippen LogP) is 2.21. The number of carbonyl (C=O) groups excluding carboxylic acids is 1. The van der Waals surface area contributed by atoms with Crippen molar-refractivity contribution in [1.82, 2.24) is 20.2 Å². The van der Waals surface area contributed by atoms with Gasteiger partial charge in [-0.2, -0.15) is 0 Å². The molecule has 2 aliphatic rings. The van der Waals surface area contributed by atoms with Gasteiger partial charge in [-0.15, -0.1) is 0 Å². The summed E-state index contributed by atoms with van der Waals surface area (Å²) in [4.78, 5) is 23.0. The minimum Gasteiger partial charge on any atom is -0.363 e. The zero-order valence-corrected chi connectivity index (χ0v) is 14.8. The van der Waals surface area contributed by atoms with Crippen LogP contribution in [0.4, 0.5) is 0 Å². The number of nitrogens with zero attached hydrogens (tertiary/aromatic N) is 2. The van der Waals surface area contributed by atoms with Crippen LogP contribution in [0.25, 0.3) is 11.0 Å². The molecule has 1 saturated heterocycles. The van der Waals surface area contributed by atoms with Crippen molar-refractivity contribution >= 4 is 16.9 Å². The summed E-state index contributed by atoms with van der Waals surface area (Å²) in [6.45, 7) is 4.56. The quantitative estimate of drug-likeness (QED) is 0.894. The first-order valence-electron chi connectivity index (χ1n) is 9.23. The van der Waals surface area contributed by atoms with Gasteiger partial charge in [0, 0.05) is 19.1 Å². The molecule has 4 rings (SSSR count). The fourth-order valence-electron chi connectivity index (χ4n) is 3.92. The Morgan fingerprint density at radius 2 is 2.20 bits per heavy atom. The Balaban J connectivity index is 1.41. The number of para-hydroxylation sites is 2. The molecule has 0 radical (unpaired) electrons. The SMILES string of the molecule is CC1(C(=O)NC2CCCC2)CN(Cc2nc3ccccc3[nH]2)CCO1. The second-order valence-corrected chi connectivity index (χ2v) is 7.45. The largest absolute Gasteiger partial charge is 0.363 e. The van der Waals surface area contributed by atoms with Gasteiger partial charge in [0.15, 0.2) is 5.60 Å². The summed E-state index contributed by atoms with van der Waals surface area (Å²) in [5.74, 6) is 0.954. The van der Waals surface area contributed by atoms with E-state index in [0.29, 0.717) is 25.7 Å². The monoisotopic (exact) mass is 342 g/mol. The van der Waals surface area contributed by atoms with Crippen molar-refractivity contribution in [2.24, 2.45) is 0 Å². The van der Waals surface area contributed by atoms with Gasteiger partial charge in [-0.05, 0) is 31.9 Å². The molecule has 2 aromatic rings. The summed E-state index contributed by atoms with van der Waals surface area (Å²) < 4.78 is 5.88. The number of nitrogens with one attached hydrogen (secondary N) is 2. The molecule has 0 bridgehead atoms. The Morgan fingerprint density at radius 1 is 1.40 bits per heavy atom. The van der Waals surface area contributed by atoms with Gasteiger partial charge in [0.2, 0.25) is 0 Å². The van der Waals surface area contributed by atoms with E-state index in [1.807, 2.05) is 31.2 Å². The molecule has 6 heteroatoms. The van der Waals surface area contributed by atoms with E-state index in [1.165, 1.54) is 12.8 Å². The highest BCUT2D eigenvalue weighted by molar-refractivity contribution is 5.85. The van der Waals surface area contributed by atoms with E-state index >= 15 is 0 Å². The van der Waals surface area contributed by atoms with Crippen LogP contribution in [-0.4, -0.2) is 52.1 Å². The number of rotatable bonds is 4. The van der Waals surface area contributed by atoms with Gasteiger partial charge in [0.05, 0.1) is 24.2 Å². The lowest BCUT2D eigenvalue weighted by atomic mass is 10.0. The molecular weight excluding hydrogens is 316 g/mol. The van der Waals surface area contributed by atoms with Crippen LogP contribution in [0, 0.1) is 0 Å². The molecule has 1 saturated carbocycles. The number of amides is 1. The molecule has 1 atom stereocenters. The molecule has 1 unspecified atom stereocenters. The van der Waals surface area contributed by atoms with Gasteiger partial charge in [-0.1, -0.05) is 25.0 Å². The maximum absolute atomic E-state index is 12.7. The number of carbonyl (C=O) groups is 1. The first-order chi connectivity index (χ1) is 12.1. The van der Waals surface area contributed by atoms with Crippen LogP contribution < -0.4 is 5.32 Å². The van der Waals surface area contributed by atoms with E-state index in [-0.39, 0.29) is 5.91 Å². The smallest absolute Gasteiger partial charge is 0.253 e. The number of benzene rings is 1. The molecule has 134 valence electrons. The molecule has 0 spiro atoms. The van der Waals surface area contributed by atoms with Crippen molar-refractivity contribution in [1.29, 1.82) is 0 Å². The van der Waals surface area contributed by atoms with Crippen molar-refractivity contribution in [3.63, 3.8) is 0 Å². The highest BCUT2D eigenvalue weighted by atomic mass is 16.5. The molecule has 1 aromatic heterocycles. The Morgan fingerprint density at radius 3 is 3.00 bits per heavy atom. The molecule has 1 amide bonds. The lowest BCUT2D eigenvalue weighted by molar-refractivity contribution is -0.157. The summed E-state index contributed by atoms with van der Waals surface area (Å²) in [6.07, 6.45) is 4.59. The van der Waals surface area contributed by atoms with Crippen LogP contribution in [-0.2, 0) is 16.1 Å². The van der Waals surface area contributed by atoms with Crippen LogP contribution in [0.3, 0.4) is 0 Å². The topological polar surface area (TPSA) is 70.2 Å². The van der Waals surface area contributed by atoms with Crippen molar-refractivity contribution < 1.29 is 9.53 Å². The van der Waals surface area contributed by atoms with Gasteiger partial charge in [0.25, 0.3) is 5.91 Å². The Labute approximate surface area is 147 Å². The summed E-state index contributed by atoms with van der Waals surface area (Å²) in [7, 11) is 0. The molecule has 1 aromatic carbocycles. The number of imidazole rings is 1. The van der Waals surface area contributed by atoms with E-state index < -0.39 is 5.60 Å². The lowest BCUT2D eigenvalue weighted by Gasteiger charge is -2.39. The average Bonchev–Trinajstić information content (AvgIpc) is 3.23. The van der Waals surface area contributed by atoms with Gasteiger partial charge in [0.1, 0.15) is 5.82 Å². The van der Waals surface area contributed by atoms with E-state index in [1.54, 1.807) is 0 Å². The van der Waals surface area contributed by atoms with Crippen LogP contribution in [0.1, 0.15) is 38.4 Å². The first kappa shape index (κ1) is 16.5. The van der Waals surface area contributed by atoms with E-state index in [2.05, 4.69) is 20.2 Å². The van der Waals surface area contributed by atoms with E-state index in [0.717, 1.165) is 36.2 Å². The molecule has 1 aliphatic heterocycles. The highest BCUT2D eigenvalue weighted by Crippen LogP contribution is 2.23. The summed E-state index contributed by atoms with van der Waals surface area (Å²) in [5.41, 5.74) is 1.24. The zero-order valence-electron chi connectivity index (χ0n) is 14.8. The molecule has 6 nitrogen and oxygen atoms in total. The minimum absolute atomic E-state index is 0.0220. The molecule has 25 heavy (non-hydrogen) atoms. The summed E-state index contributed by atoms with van der Waals surface area (Å²) in [6, 6.07) is 8.35. The lowest BCUT2D eigenvalue weighted by Crippen LogP contribution is -2.59. The molecule has 2 fully saturated rings. The molecule has 2 N–H and O–H groups in total. The van der Waals surface area contributed by atoms with Crippen molar-refractivity contribution in [2.45, 2.75) is 50.8 Å².